The van der Waals surface area contributed by atoms with Crippen molar-refractivity contribution in [1.29, 1.82) is 0 Å². The lowest BCUT2D eigenvalue weighted by molar-refractivity contribution is 0.922. The van der Waals surface area contributed by atoms with E-state index in [4.69, 9.17) is 0 Å². The maximum absolute atomic E-state index is 3.14. The Balaban J connectivity index is 0.000000742. The molecule has 1 aromatic carbocycles. The standard InChI is InChI=1S/C15H14.C3H8.CH4/c1-13(15-11-7-4-8-12-15)14-9-5-2-3-6-10-14;1-3-2;/h2-5,7-13H,1H3;3H2,1-2H3;1H4. The molecule has 0 bridgehead atoms. The number of rotatable bonds is 2. The Morgan fingerprint density at radius 2 is 1.68 bits per heavy atom. The molecule has 0 heteroatoms. The topological polar surface area (TPSA) is 0 Å². The molecule has 1 atom stereocenters. The van der Waals surface area contributed by atoms with Crippen LogP contribution in [0.4, 0.5) is 0 Å². The Morgan fingerprint density at radius 1 is 1.05 bits per heavy atom. The molecule has 0 saturated carbocycles. The molecule has 19 heavy (non-hydrogen) atoms. The van der Waals surface area contributed by atoms with E-state index < -0.39 is 0 Å². The Kier molecular flexibility index (Phi) is 9.22. The van der Waals surface area contributed by atoms with Gasteiger partial charge >= 0.3 is 0 Å². The van der Waals surface area contributed by atoms with Gasteiger partial charge in [-0.25, -0.2) is 0 Å². The van der Waals surface area contributed by atoms with Crippen LogP contribution < -0.4 is 0 Å². The van der Waals surface area contributed by atoms with Gasteiger partial charge in [0.1, 0.15) is 0 Å². The van der Waals surface area contributed by atoms with Gasteiger partial charge in [0.2, 0.25) is 0 Å². The summed E-state index contributed by atoms with van der Waals surface area (Å²) in [6.45, 7) is 6.47. The van der Waals surface area contributed by atoms with Crippen LogP contribution in [0.25, 0.3) is 0 Å². The molecule has 2 rings (SSSR count). The van der Waals surface area contributed by atoms with E-state index in [0.717, 1.165) is 0 Å². The molecule has 0 amide bonds. The molecule has 1 aliphatic rings. The predicted octanol–water partition coefficient (Wildman–Crippen LogP) is 6.05. The normalized spacial score (nSPS) is 13.5. The molecule has 1 unspecified atom stereocenters. The van der Waals surface area contributed by atoms with Crippen molar-refractivity contribution in [2.75, 3.05) is 0 Å². The van der Waals surface area contributed by atoms with Crippen molar-refractivity contribution in [3.05, 3.63) is 77.6 Å². The van der Waals surface area contributed by atoms with Gasteiger partial charge in [0, 0.05) is 5.92 Å². The molecular formula is C19H26. The predicted molar refractivity (Wildman–Crippen MR) is 87.4 cm³/mol. The van der Waals surface area contributed by atoms with Crippen molar-refractivity contribution in [2.45, 2.75) is 40.5 Å². The summed E-state index contributed by atoms with van der Waals surface area (Å²) >= 11 is 0. The molecule has 0 heterocycles. The summed E-state index contributed by atoms with van der Waals surface area (Å²) in [5, 5.41) is 0. The first-order chi connectivity index (χ1) is 8.79. The van der Waals surface area contributed by atoms with Crippen molar-refractivity contribution in [1.82, 2.24) is 0 Å². The summed E-state index contributed by atoms with van der Waals surface area (Å²) in [7, 11) is 0. The molecule has 0 spiro atoms. The van der Waals surface area contributed by atoms with Gasteiger partial charge in [-0.15, -0.1) is 5.73 Å². The third-order valence-corrected chi connectivity index (χ3v) is 2.64. The first-order valence-corrected chi connectivity index (χ1v) is 6.63. The smallest absolute Gasteiger partial charge is 0.00671 e. The van der Waals surface area contributed by atoms with E-state index >= 15 is 0 Å². The second kappa shape index (κ2) is 10.2. The van der Waals surface area contributed by atoms with Crippen LogP contribution in [0.5, 0.6) is 0 Å². The zero-order valence-corrected chi connectivity index (χ0v) is 11.6. The summed E-state index contributed by atoms with van der Waals surface area (Å²) in [6.07, 6.45) is 11.4. The highest BCUT2D eigenvalue weighted by Gasteiger charge is 2.07. The highest BCUT2D eigenvalue weighted by atomic mass is 14.1. The Morgan fingerprint density at radius 3 is 2.32 bits per heavy atom. The second-order valence-corrected chi connectivity index (χ2v) is 4.37. The fourth-order valence-electron chi connectivity index (χ4n) is 1.67. The lowest BCUT2D eigenvalue weighted by Gasteiger charge is -2.11. The van der Waals surface area contributed by atoms with Crippen LogP contribution in [0, 0.1) is 0 Å². The Bertz CT molecular complexity index is 454. The average Bonchev–Trinajstić information content (AvgIpc) is 2.69. The molecule has 0 radical (unpaired) electrons. The summed E-state index contributed by atoms with van der Waals surface area (Å²) in [5.74, 6) is 0.426. The Labute approximate surface area is 118 Å². The van der Waals surface area contributed by atoms with Gasteiger partial charge in [-0.2, -0.15) is 0 Å². The molecule has 0 aliphatic heterocycles. The van der Waals surface area contributed by atoms with Crippen LogP contribution in [0.3, 0.4) is 0 Å². The number of hydrogen-bond donors (Lipinski definition) is 0. The minimum absolute atomic E-state index is 0. The van der Waals surface area contributed by atoms with Crippen LogP contribution in [-0.4, -0.2) is 0 Å². The van der Waals surface area contributed by atoms with E-state index in [1.54, 1.807) is 0 Å². The lowest BCUT2D eigenvalue weighted by atomic mass is 9.93. The first-order valence-electron chi connectivity index (χ1n) is 6.63. The fraction of sp³-hybridized carbons (Fsp3) is 0.316. The first kappa shape index (κ1) is 17.2. The summed E-state index contributed by atoms with van der Waals surface area (Å²) < 4.78 is 0. The monoisotopic (exact) mass is 254 g/mol. The molecule has 1 aliphatic carbocycles. The van der Waals surface area contributed by atoms with Crippen molar-refractivity contribution in [3.63, 3.8) is 0 Å². The quantitative estimate of drug-likeness (QED) is 0.563. The zero-order valence-electron chi connectivity index (χ0n) is 11.6. The molecule has 1 aromatic rings. The Hall–Kier alpha value is -1.78. The van der Waals surface area contributed by atoms with E-state index in [9.17, 15) is 0 Å². The third kappa shape index (κ3) is 6.08. The molecule has 0 saturated heterocycles. The van der Waals surface area contributed by atoms with Gasteiger partial charge in [-0.05, 0) is 23.3 Å². The van der Waals surface area contributed by atoms with Crippen LogP contribution in [0.1, 0.15) is 46.1 Å². The van der Waals surface area contributed by atoms with Gasteiger partial charge in [0.05, 0.1) is 0 Å². The minimum atomic E-state index is 0. The van der Waals surface area contributed by atoms with E-state index in [1.165, 1.54) is 17.6 Å². The molecule has 102 valence electrons. The van der Waals surface area contributed by atoms with Crippen LogP contribution in [0.15, 0.2) is 72.0 Å². The average molecular weight is 254 g/mol. The molecular weight excluding hydrogens is 228 g/mol. The lowest BCUT2D eigenvalue weighted by Crippen LogP contribution is -1.95. The molecule has 0 aromatic heterocycles. The highest BCUT2D eigenvalue weighted by molar-refractivity contribution is 5.38. The van der Waals surface area contributed by atoms with Gasteiger partial charge < -0.3 is 0 Å². The van der Waals surface area contributed by atoms with Gasteiger partial charge in [-0.3, -0.25) is 0 Å². The number of hydrogen-bond acceptors (Lipinski definition) is 0. The molecule has 0 nitrogen and oxygen atoms in total. The van der Waals surface area contributed by atoms with E-state index in [0.29, 0.717) is 5.92 Å². The van der Waals surface area contributed by atoms with Gasteiger partial charge in [-0.1, -0.05) is 83.2 Å². The molecule has 0 N–H and O–H groups in total. The minimum Gasteiger partial charge on any atom is -0.121 e. The van der Waals surface area contributed by atoms with Crippen molar-refractivity contribution in [2.24, 2.45) is 0 Å². The third-order valence-electron chi connectivity index (χ3n) is 2.64. The van der Waals surface area contributed by atoms with Crippen molar-refractivity contribution < 1.29 is 0 Å². The fourth-order valence-corrected chi connectivity index (χ4v) is 1.67. The number of allylic oxidation sites excluding steroid dienone is 5. The van der Waals surface area contributed by atoms with E-state index in [2.05, 4.69) is 69.0 Å². The summed E-state index contributed by atoms with van der Waals surface area (Å²) in [4.78, 5) is 0. The second-order valence-electron chi connectivity index (χ2n) is 4.37. The highest BCUT2D eigenvalue weighted by Crippen LogP contribution is 2.24. The van der Waals surface area contributed by atoms with Crippen LogP contribution in [0.2, 0.25) is 0 Å². The van der Waals surface area contributed by atoms with Crippen molar-refractivity contribution >= 4 is 0 Å². The molecule has 0 fully saturated rings. The zero-order chi connectivity index (χ0) is 13.2. The van der Waals surface area contributed by atoms with Gasteiger partial charge in [0.25, 0.3) is 0 Å². The van der Waals surface area contributed by atoms with Crippen LogP contribution >= 0.6 is 0 Å². The van der Waals surface area contributed by atoms with E-state index in [-0.39, 0.29) is 7.43 Å². The summed E-state index contributed by atoms with van der Waals surface area (Å²) in [6, 6.07) is 10.5. The maximum Gasteiger partial charge on any atom is 0.00671 e. The maximum atomic E-state index is 3.14. The van der Waals surface area contributed by atoms with Gasteiger partial charge in [0.15, 0.2) is 0 Å². The SMILES string of the molecule is C.CC(C1=CC=CC=C=C1)c1ccccc1.CCC. The van der Waals surface area contributed by atoms with Crippen LogP contribution in [-0.2, 0) is 0 Å². The summed E-state index contributed by atoms with van der Waals surface area (Å²) in [5.41, 5.74) is 5.78. The van der Waals surface area contributed by atoms with E-state index in [1.807, 2.05) is 18.2 Å². The van der Waals surface area contributed by atoms with Crippen molar-refractivity contribution in [3.8, 4) is 0 Å². The number of benzene rings is 1. The largest absolute Gasteiger partial charge is 0.121 e.